The average molecular weight is 391 g/mol. The van der Waals surface area contributed by atoms with E-state index in [9.17, 15) is 22.6 Å². The highest BCUT2D eigenvalue weighted by atomic mass is 35.5. The molecule has 0 fully saturated rings. The van der Waals surface area contributed by atoms with Crippen molar-refractivity contribution in [2.75, 3.05) is 32.1 Å². The summed E-state index contributed by atoms with van der Waals surface area (Å²) in [6.07, 6.45) is 0. The van der Waals surface area contributed by atoms with Crippen LogP contribution in [0.2, 0.25) is 5.02 Å². The summed E-state index contributed by atoms with van der Waals surface area (Å²) in [5.74, 6) is -1.40. The molecule has 25 heavy (non-hydrogen) atoms. The van der Waals surface area contributed by atoms with Gasteiger partial charge in [-0.3, -0.25) is 9.35 Å². The summed E-state index contributed by atoms with van der Waals surface area (Å²) in [5, 5.41) is 11.6. The maximum atomic E-state index is 12.4. The molecule has 1 aromatic carbocycles. The highest BCUT2D eigenvalue weighted by Crippen LogP contribution is 2.29. The molecule has 1 aromatic rings. The number of anilines is 1. The molecular weight excluding hydrogens is 376 g/mol. The van der Waals surface area contributed by atoms with Crippen molar-refractivity contribution in [2.45, 2.75) is 4.90 Å². The zero-order chi connectivity index (χ0) is 18.8. The first-order chi connectivity index (χ1) is 11.7. The van der Waals surface area contributed by atoms with Gasteiger partial charge in [0, 0.05) is 11.6 Å². The summed E-state index contributed by atoms with van der Waals surface area (Å²) in [7, 11) is -3.50. The zero-order valence-electron chi connectivity index (χ0n) is 13.0. The van der Waals surface area contributed by atoms with Crippen LogP contribution in [0.25, 0.3) is 0 Å². The smallest absolute Gasteiger partial charge is 0.337 e. The molecule has 0 radical (unpaired) electrons. The molecule has 2 rings (SSSR count). The number of aliphatic hydroxyl groups is 1. The molecule has 0 aliphatic carbocycles. The van der Waals surface area contributed by atoms with Gasteiger partial charge in [-0.25, -0.2) is 4.79 Å². The minimum atomic E-state index is -4.63. The van der Waals surface area contributed by atoms with Crippen LogP contribution in [0.15, 0.2) is 34.4 Å². The van der Waals surface area contributed by atoms with Gasteiger partial charge in [0.25, 0.3) is 16.0 Å². The van der Waals surface area contributed by atoms with Crippen molar-refractivity contribution in [2.24, 2.45) is 0 Å². The van der Waals surface area contributed by atoms with E-state index < -0.39 is 26.9 Å². The van der Waals surface area contributed by atoms with Crippen molar-refractivity contribution in [3.8, 4) is 0 Å². The number of aliphatic hydroxyl groups excluding tert-OH is 1. The van der Waals surface area contributed by atoms with Crippen LogP contribution in [-0.2, 0) is 24.4 Å². The molecule has 11 heteroatoms. The molecule has 0 aromatic heterocycles. The lowest BCUT2D eigenvalue weighted by atomic mass is 10.2. The van der Waals surface area contributed by atoms with Crippen LogP contribution in [0.4, 0.5) is 5.69 Å². The number of benzene rings is 1. The number of methoxy groups -OCH3 is 1. The Morgan fingerprint density at radius 1 is 1.44 bits per heavy atom. The maximum absolute atomic E-state index is 12.4. The number of esters is 1. The molecule has 0 atom stereocenters. The van der Waals surface area contributed by atoms with Gasteiger partial charge in [-0.1, -0.05) is 11.6 Å². The van der Waals surface area contributed by atoms with Crippen molar-refractivity contribution in [3.63, 3.8) is 0 Å². The van der Waals surface area contributed by atoms with E-state index in [1.807, 2.05) is 0 Å². The van der Waals surface area contributed by atoms with Gasteiger partial charge in [0.1, 0.15) is 10.6 Å². The van der Waals surface area contributed by atoms with Crippen molar-refractivity contribution >= 4 is 39.3 Å². The second kappa shape index (κ2) is 7.40. The fourth-order valence-electron chi connectivity index (χ4n) is 2.30. The first kappa shape index (κ1) is 19.2. The number of hydrogen-bond donors (Lipinski definition) is 3. The minimum Gasteiger partial charge on any atom is -0.466 e. The summed E-state index contributed by atoms with van der Waals surface area (Å²) >= 11 is 5.74. The van der Waals surface area contributed by atoms with Crippen LogP contribution < -0.4 is 5.32 Å². The standard InChI is InChI=1S/C14H15ClN2O7S/c1-24-14(20)9-7-17(4-5-18)13(19)12(9)16-10-3-2-8(15)6-11(10)25(21,22)23/h2-3,6,16,18H,4-5,7H2,1H3,(H,21,22,23). The van der Waals surface area contributed by atoms with E-state index in [4.69, 9.17) is 16.7 Å². The third kappa shape index (κ3) is 4.10. The molecular formula is C14H15ClN2O7S. The van der Waals surface area contributed by atoms with Crippen molar-refractivity contribution in [1.82, 2.24) is 4.90 Å². The monoisotopic (exact) mass is 390 g/mol. The van der Waals surface area contributed by atoms with Crippen LogP contribution in [0.5, 0.6) is 0 Å². The summed E-state index contributed by atoms with van der Waals surface area (Å²) in [4.78, 5) is 24.9. The van der Waals surface area contributed by atoms with Gasteiger partial charge < -0.3 is 20.1 Å². The number of carbonyl (C=O) groups excluding carboxylic acids is 2. The quantitative estimate of drug-likeness (QED) is 0.465. The molecule has 0 bridgehead atoms. The molecule has 1 heterocycles. The number of hydrogen-bond acceptors (Lipinski definition) is 7. The molecule has 0 saturated carbocycles. The Balaban J connectivity index is 2.49. The summed E-state index contributed by atoms with van der Waals surface area (Å²) in [6.45, 7) is -0.440. The minimum absolute atomic E-state index is 0.0176. The second-order valence-corrected chi connectivity index (χ2v) is 6.86. The molecule has 136 valence electrons. The molecule has 0 unspecified atom stereocenters. The third-order valence-electron chi connectivity index (χ3n) is 3.43. The van der Waals surface area contributed by atoms with Gasteiger partial charge >= 0.3 is 5.97 Å². The number of nitrogens with zero attached hydrogens (tertiary/aromatic N) is 1. The van der Waals surface area contributed by atoms with Gasteiger partial charge in [0.05, 0.1) is 31.5 Å². The lowest BCUT2D eigenvalue weighted by molar-refractivity contribution is -0.136. The topological polar surface area (TPSA) is 133 Å². The Bertz CT molecular complexity index is 851. The first-order valence-corrected chi connectivity index (χ1v) is 8.76. The van der Waals surface area contributed by atoms with E-state index in [0.717, 1.165) is 13.2 Å². The summed E-state index contributed by atoms with van der Waals surface area (Å²) in [5.41, 5.74) is -0.368. The Morgan fingerprint density at radius 2 is 2.12 bits per heavy atom. The fourth-order valence-corrected chi connectivity index (χ4v) is 3.21. The molecule has 9 nitrogen and oxygen atoms in total. The van der Waals surface area contributed by atoms with Crippen LogP contribution in [0.1, 0.15) is 0 Å². The predicted molar refractivity (Wildman–Crippen MR) is 87.6 cm³/mol. The van der Waals surface area contributed by atoms with Crippen molar-refractivity contribution < 1.29 is 32.4 Å². The van der Waals surface area contributed by atoms with Crippen LogP contribution in [0, 0.1) is 0 Å². The van der Waals surface area contributed by atoms with E-state index in [-0.39, 0.29) is 41.7 Å². The number of carbonyl (C=O) groups is 2. The van der Waals surface area contributed by atoms with Crippen molar-refractivity contribution in [1.29, 1.82) is 0 Å². The Kier molecular flexibility index (Phi) is 5.68. The van der Waals surface area contributed by atoms with Gasteiger partial charge in [-0.2, -0.15) is 8.42 Å². The van der Waals surface area contributed by atoms with Gasteiger partial charge in [-0.05, 0) is 18.2 Å². The summed E-state index contributed by atoms with van der Waals surface area (Å²) < 4.78 is 37.0. The van der Waals surface area contributed by atoms with Gasteiger partial charge in [0.15, 0.2) is 0 Å². The highest BCUT2D eigenvalue weighted by Gasteiger charge is 2.35. The molecule has 3 N–H and O–H groups in total. The van der Waals surface area contributed by atoms with Crippen molar-refractivity contribution in [3.05, 3.63) is 34.5 Å². The fraction of sp³-hybridized carbons (Fsp3) is 0.286. The maximum Gasteiger partial charge on any atom is 0.337 e. The average Bonchev–Trinajstić information content (AvgIpc) is 2.84. The molecule has 1 amide bonds. The Morgan fingerprint density at radius 3 is 2.68 bits per heavy atom. The highest BCUT2D eigenvalue weighted by molar-refractivity contribution is 7.86. The lowest BCUT2D eigenvalue weighted by Crippen LogP contribution is -2.31. The lowest BCUT2D eigenvalue weighted by Gasteiger charge is -2.15. The SMILES string of the molecule is COC(=O)C1=C(Nc2ccc(Cl)cc2S(=O)(=O)O)C(=O)N(CCO)C1. The summed E-state index contributed by atoms with van der Waals surface area (Å²) in [6, 6.07) is 3.60. The second-order valence-electron chi connectivity index (χ2n) is 5.04. The number of β-amino-alcohol motifs (C(OH)–C–C–N with tert-alkyl or cyclic N) is 1. The molecule has 1 aliphatic heterocycles. The number of ether oxygens (including phenoxy) is 1. The predicted octanol–water partition coefficient (Wildman–Crippen LogP) is 0.260. The number of amides is 1. The number of rotatable bonds is 6. The molecule has 1 aliphatic rings. The van der Waals surface area contributed by atoms with E-state index in [1.54, 1.807) is 0 Å². The molecule has 0 spiro atoms. The van der Waals surface area contributed by atoms with E-state index in [0.29, 0.717) is 0 Å². The number of nitrogens with one attached hydrogen (secondary N) is 1. The van der Waals surface area contributed by atoms with Crippen LogP contribution in [-0.4, -0.2) is 61.7 Å². The van der Waals surface area contributed by atoms with E-state index in [2.05, 4.69) is 10.1 Å². The largest absolute Gasteiger partial charge is 0.466 e. The zero-order valence-corrected chi connectivity index (χ0v) is 14.6. The Hall–Kier alpha value is -2.14. The number of halogens is 1. The first-order valence-electron chi connectivity index (χ1n) is 6.94. The normalized spacial score (nSPS) is 14.9. The molecule has 0 saturated heterocycles. The van der Waals surface area contributed by atoms with Gasteiger partial charge in [0.2, 0.25) is 0 Å². The van der Waals surface area contributed by atoms with Gasteiger partial charge in [-0.15, -0.1) is 0 Å². The van der Waals surface area contributed by atoms with E-state index >= 15 is 0 Å². The third-order valence-corrected chi connectivity index (χ3v) is 4.56. The van der Waals surface area contributed by atoms with Crippen LogP contribution in [0.3, 0.4) is 0 Å². The van der Waals surface area contributed by atoms with E-state index in [1.165, 1.54) is 17.0 Å². The van der Waals surface area contributed by atoms with Crippen LogP contribution >= 0.6 is 11.6 Å². The Labute approximate surface area is 148 Å².